The first-order valence-corrected chi connectivity index (χ1v) is 6.14. The number of rotatable bonds is 0. The van der Waals surface area contributed by atoms with E-state index in [0.717, 1.165) is 23.5 Å². The van der Waals surface area contributed by atoms with Gasteiger partial charge in [-0.15, -0.1) is 0 Å². The Kier molecular flexibility index (Phi) is 5.65. The molecule has 1 aromatic heterocycles. The van der Waals surface area contributed by atoms with E-state index in [2.05, 4.69) is 4.98 Å². The maximum atomic E-state index is 11.8. The summed E-state index contributed by atoms with van der Waals surface area (Å²) in [5.41, 5.74) is 0. The Hall–Kier alpha value is -0.0766. The summed E-state index contributed by atoms with van der Waals surface area (Å²) in [6.07, 6.45) is 2.81. The van der Waals surface area contributed by atoms with Gasteiger partial charge < -0.3 is 4.98 Å². The van der Waals surface area contributed by atoms with Crippen molar-refractivity contribution in [3.8, 4) is 0 Å². The topological polar surface area (TPSA) is 12.9 Å². The first kappa shape index (κ1) is 9.92. The van der Waals surface area contributed by atoms with Gasteiger partial charge >= 0.3 is 27.0 Å². The fourth-order valence-electron chi connectivity index (χ4n) is 0.346. The summed E-state index contributed by atoms with van der Waals surface area (Å²) in [5, 5.41) is 0. The van der Waals surface area contributed by atoms with Crippen molar-refractivity contribution in [1.82, 2.24) is 4.98 Å². The molecular formula is C5H2ClF2NZn. The summed E-state index contributed by atoms with van der Waals surface area (Å²) in [6.45, 7) is 0. The third kappa shape index (κ3) is 3.86. The van der Waals surface area contributed by atoms with Crippen molar-refractivity contribution in [1.29, 1.82) is 0 Å². The van der Waals surface area contributed by atoms with Gasteiger partial charge in [0, 0.05) is 11.6 Å². The van der Waals surface area contributed by atoms with Crippen LogP contribution >= 0.6 is 9.69 Å². The standard InChI is InChI=1S/C5H2F2N.ClH.Zn/c6-4-1-5(7)3-8-2-4;;/h1-2H;1H;/q-1;;+2/p-1. The molecule has 1 heterocycles. The first-order chi connectivity index (χ1) is 4.79. The molecule has 0 atom stereocenters. The Morgan fingerprint density at radius 1 is 1.50 bits per heavy atom. The second kappa shape index (κ2) is 5.69. The van der Waals surface area contributed by atoms with Crippen molar-refractivity contribution in [2.24, 2.45) is 0 Å². The van der Waals surface area contributed by atoms with Gasteiger partial charge in [0.05, 0.1) is 0 Å². The normalized spacial score (nSPS) is 8.10. The third-order valence-electron chi connectivity index (χ3n) is 0.624. The zero-order chi connectivity index (χ0) is 7.98. The summed E-state index contributed by atoms with van der Waals surface area (Å²) >= 11 is 0.847. The van der Waals surface area contributed by atoms with Gasteiger partial charge in [-0.2, -0.15) is 0 Å². The van der Waals surface area contributed by atoms with Gasteiger partial charge in [-0.05, 0) is 6.20 Å². The van der Waals surface area contributed by atoms with E-state index in [1.807, 2.05) is 6.20 Å². The number of aromatic nitrogens is 1. The first-order valence-electron chi connectivity index (χ1n) is 2.24. The van der Waals surface area contributed by atoms with E-state index in [1.165, 1.54) is 0 Å². The zero-order valence-electron chi connectivity index (χ0n) is 4.94. The number of halogens is 3. The van der Waals surface area contributed by atoms with E-state index in [4.69, 9.17) is 9.69 Å². The second-order valence-electron chi connectivity index (χ2n) is 1.25. The molecule has 0 amide bonds. The van der Waals surface area contributed by atoms with Crippen LogP contribution in [0.15, 0.2) is 12.3 Å². The molecule has 0 N–H and O–H groups in total. The Morgan fingerprint density at radius 3 is 2.40 bits per heavy atom. The summed E-state index contributed by atoms with van der Waals surface area (Å²) < 4.78 is 23.7. The van der Waals surface area contributed by atoms with Gasteiger partial charge in [0.25, 0.3) is 0 Å². The van der Waals surface area contributed by atoms with E-state index in [1.54, 1.807) is 0 Å². The van der Waals surface area contributed by atoms with Crippen LogP contribution in [0.5, 0.6) is 0 Å². The molecule has 0 aromatic carbocycles. The number of hydrogen-bond acceptors (Lipinski definition) is 1. The van der Waals surface area contributed by atoms with Crippen LogP contribution in [0, 0.1) is 17.8 Å². The third-order valence-corrected chi connectivity index (χ3v) is 0.624. The molecule has 0 radical (unpaired) electrons. The van der Waals surface area contributed by atoms with Gasteiger partial charge in [-0.1, -0.05) is 12.3 Å². The molecular weight excluding hydrogens is 213 g/mol. The Morgan fingerprint density at radius 2 is 2.10 bits per heavy atom. The zero-order valence-corrected chi connectivity index (χ0v) is 8.67. The molecule has 5 heteroatoms. The Balaban J connectivity index is 0.000000371. The summed E-state index contributed by atoms with van der Waals surface area (Å²) in [5.74, 6) is -1.45. The van der Waals surface area contributed by atoms with E-state index < -0.39 is 11.6 Å². The number of hydrogen-bond donors (Lipinski definition) is 0. The molecule has 1 aromatic rings. The van der Waals surface area contributed by atoms with Crippen LogP contribution in [0.3, 0.4) is 0 Å². The molecule has 0 spiro atoms. The van der Waals surface area contributed by atoms with E-state index in [0.29, 0.717) is 6.07 Å². The van der Waals surface area contributed by atoms with Gasteiger partial charge in [0.1, 0.15) is 0 Å². The minimum atomic E-state index is -0.773. The number of pyridine rings is 1. The molecule has 0 bridgehead atoms. The molecule has 0 aliphatic carbocycles. The summed E-state index contributed by atoms with van der Waals surface area (Å²) in [7, 11) is 4.76. The molecule has 0 saturated heterocycles. The quantitative estimate of drug-likeness (QED) is 0.475. The monoisotopic (exact) mass is 213 g/mol. The molecule has 0 aliphatic heterocycles. The average molecular weight is 215 g/mol. The van der Waals surface area contributed by atoms with Crippen LogP contribution in [-0.4, -0.2) is 4.98 Å². The van der Waals surface area contributed by atoms with Crippen molar-refractivity contribution in [2.75, 3.05) is 0 Å². The van der Waals surface area contributed by atoms with Crippen LogP contribution in [-0.2, 0) is 17.3 Å². The van der Waals surface area contributed by atoms with Crippen LogP contribution in [0.1, 0.15) is 0 Å². The van der Waals surface area contributed by atoms with Crippen LogP contribution in [0.4, 0.5) is 8.78 Å². The van der Waals surface area contributed by atoms with Gasteiger partial charge in [0.2, 0.25) is 0 Å². The average Bonchev–Trinajstić information content (AvgIpc) is 1.91. The predicted molar refractivity (Wildman–Crippen MR) is 28.8 cm³/mol. The van der Waals surface area contributed by atoms with Crippen molar-refractivity contribution in [3.63, 3.8) is 0 Å². The van der Waals surface area contributed by atoms with E-state index in [-0.39, 0.29) is 0 Å². The maximum absolute atomic E-state index is 11.8. The van der Waals surface area contributed by atoms with Crippen LogP contribution in [0.25, 0.3) is 0 Å². The molecule has 1 rings (SSSR count). The molecule has 0 saturated carbocycles. The van der Waals surface area contributed by atoms with Crippen molar-refractivity contribution in [3.05, 3.63) is 30.1 Å². The van der Waals surface area contributed by atoms with Crippen LogP contribution in [0.2, 0.25) is 0 Å². The molecule has 0 aliphatic rings. The fraction of sp³-hybridized carbons (Fsp3) is 0. The molecule has 0 fully saturated rings. The van der Waals surface area contributed by atoms with Crippen molar-refractivity contribution in [2.45, 2.75) is 0 Å². The molecule has 10 heavy (non-hydrogen) atoms. The van der Waals surface area contributed by atoms with Gasteiger partial charge in [0.15, 0.2) is 0 Å². The summed E-state index contributed by atoms with van der Waals surface area (Å²) in [6, 6.07) is 0.715. The Labute approximate surface area is 71.1 Å². The van der Waals surface area contributed by atoms with E-state index >= 15 is 0 Å². The molecule has 50 valence electrons. The minimum absolute atomic E-state index is 0.679. The van der Waals surface area contributed by atoms with Gasteiger partial charge in [-0.3, -0.25) is 0 Å². The van der Waals surface area contributed by atoms with Crippen molar-refractivity contribution < 1.29 is 26.1 Å². The second-order valence-corrected chi connectivity index (χ2v) is 1.25. The number of nitrogens with zero attached hydrogens (tertiary/aromatic N) is 1. The predicted octanol–water partition coefficient (Wildman–Crippen LogP) is 1.85. The molecule has 1 nitrogen and oxygen atoms in total. The van der Waals surface area contributed by atoms with Crippen LogP contribution < -0.4 is 0 Å². The Bertz CT molecular complexity index is 180. The molecule has 0 unspecified atom stereocenters. The van der Waals surface area contributed by atoms with Crippen molar-refractivity contribution >= 4 is 9.69 Å². The van der Waals surface area contributed by atoms with Gasteiger partial charge in [-0.25, -0.2) is 8.78 Å². The fourth-order valence-corrected chi connectivity index (χ4v) is 0.346. The summed E-state index contributed by atoms with van der Waals surface area (Å²) in [4.78, 5) is 3.11. The SMILES string of the molecule is Fc1[c-]ncc(F)c1.[Cl][Zn+]. The van der Waals surface area contributed by atoms with E-state index in [9.17, 15) is 8.78 Å².